The topological polar surface area (TPSA) is 102 Å². The predicted octanol–water partition coefficient (Wildman–Crippen LogP) is 2.10. The van der Waals surface area contributed by atoms with Gasteiger partial charge in [-0.25, -0.2) is 13.1 Å². The molecule has 0 spiro atoms. The first-order chi connectivity index (χ1) is 13.1. The van der Waals surface area contributed by atoms with Gasteiger partial charge >= 0.3 is 0 Å². The van der Waals surface area contributed by atoms with Gasteiger partial charge in [0.2, 0.25) is 10.0 Å². The van der Waals surface area contributed by atoms with Gasteiger partial charge in [-0.3, -0.25) is 0 Å². The summed E-state index contributed by atoms with van der Waals surface area (Å²) >= 11 is 0. The number of hydrogen-bond acceptors (Lipinski definition) is 4. The number of carboxylic acid groups (broad SMARTS) is 1. The molecule has 0 fully saturated rings. The fourth-order valence-electron chi connectivity index (χ4n) is 3.08. The SMILES string of the molecule is CC(C)(C)c1ccc(S(=O)(=O)N[C@@H](Cc2c[nH]c3ccccc23)C(=O)[O-])cc1. The van der Waals surface area contributed by atoms with Crippen LogP contribution in [-0.4, -0.2) is 25.4 Å². The lowest BCUT2D eigenvalue weighted by Crippen LogP contribution is -2.49. The predicted molar refractivity (Wildman–Crippen MR) is 106 cm³/mol. The zero-order valence-electron chi connectivity index (χ0n) is 16.0. The summed E-state index contributed by atoms with van der Waals surface area (Å²) in [7, 11) is -4.00. The molecule has 3 aromatic rings. The van der Waals surface area contributed by atoms with Crippen molar-refractivity contribution in [2.45, 2.75) is 43.5 Å². The molecule has 0 aliphatic heterocycles. The fraction of sp³-hybridized carbons (Fsp3) is 0.286. The summed E-state index contributed by atoms with van der Waals surface area (Å²) in [6.07, 6.45) is 1.67. The van der Waals surface area contributed by atoms with E-state index in [1.165, 1.54) is 12.1 Å². The Labute approximate surface area is 164 Å². The minimum atomic E-state index is -4.00. The highest BCUT2D eigenvalue weighted by atomic mass is 32.2. The van der Waals surface area contributed by atoms with Crippen molar-refractivity contribution in [2.75, 3.05) is 0 Å². The van der Waals surface area contributed by atoms with Crippen LogP contribution in [0.25, 0.3) is 10.9 Å². The highest BCUT2D eigenvalue weighted by molar-refractivity contribution is 7.89. The van der Waals surface area contributed by atoms with Crippen LogP contribution in [-0.2, 0) is 26.7 Å². The molecule has 0 radical (unpaired) electrons. The third-order valence-electron chi connectivity index (χ3n) is 4.71. The largest absolute Gasteiger partial charge is 0.548 e. The number of nitrogens with one attached hydrogen (secondary N) is 2. The van der Waals surface area contributed by atoms with E-state index in [1.54, 1.807) is 18.3 Å². The van der Waals surface area contributed by atoms with Crippen LogP contribution in [0, 0.1) is 0 Å². The first-order valence-corrected chi connectivity index (χ1v) is 10.4. The van der Waals surface area contributed by atoms with Crippen LogP contribution >= 0.6 is 0 Å². The number of H-pyrrole nitrogens is 1. The molecule has 1 aromatic heterocycles. The highest BCUT2D eigenvalue weighted by Gasteiger charge is 2.23. The van der Waals surface area contributed by atoms with Crippen molar-refractivity contribution < 1.29 is 18.3 Å². The quantitative estimate of drug-likeness (QED) is 0.663. The number of aliphatic carboxylic acids is 1. The summed E-state index contributed by atoms with van der Waals surface area (Å²) in [5.74, 6) is -1.47. The van der Waals surface area contributed by atoms with Gasteiger partial charge in [0.15, 0.2) is 0 Å². The van der Waals surface area contributed by atoms with Gasteiger partial charge in [0.1, 0.15) is 0 Å². The molecule has 1 atom stereocenters. The van der Waals surface area contributed by atoms with Gasteiger partial charge in [0, 0.05) is 17.1 Å². The van der Waals surface area contributed by atoms with Crippen LogP contribution in [0.4, 0.5) is 0 Å². The molecule has 7 heteroatoms. The monoisotopic (exact) mass is 399 g/mol. The number of aromatic nitrogens is 1. The van der Waals surface area contributed by atoms with Crippen molar-refractivity contribution in [3.63, 3.8) is 0 Å². The van der Waals surface area contributed by atoms with Crippen LogP contribution < -0.4 is 9.83 Å². The number of hydrogen-bond donors (Lipinski definition) is 2. The number of aromatic amines is 1. The van der Waals surface area contributed by atoms with Crippen LogP contribution in [0.2, 0.25) is 0 Å². The van der Waals surface area contributed by atoms with E-state index < -0.39 is 22.0 Å². The molecule has 6 nitrogen and oxygen atoms in total. The van der Waals surface area contributed by atoms with E-state index in [-0.39, 0.29) is 16.7 Å². The Morgan fingerprint density at radius 3 is 2.36 bits per heavy atom. The molecule has 0 aliphatic carbocycles. The second kappa shape index (κ2) is 7.41. The number of fused-ring (bicyclic) bond motifs is 1. The minimum Gasteiger partial charge on any atom is -0.548 e. The zero-order valence-corrected chi connectivity index (χ0v) is 16.8. The van der Waals surface area contributed by atoms with Crippen LogP contribution in [0.3, 0.4) is 0 Å². The number of para-hydroxylation sites is 1. The summed E-state index contributed by atoms with van der Waals surface area (Å²) in [6.45, 7) is 6.09. The molecule has 0 saturated carbocycles. The number of carboxylic acids is 1. The maximum Gasteiger partial charge on any atom is 0.241 e. The molecule has 1 heterocycles. The van der Waals surface area contributed by atoms with Gasteiger partial charge in [0.25, 0.3) is 0 Å². The summed E-state index contributed by atoms with van der Waals surface area (Å²) in [6, 6.07) is 12.5. The molecule has 0 saturated heterocycles. The van der Waals surface area contributed by atoms with E-state index in [0.29, 0.717) is 5.56 Å². The van der Waals surface area contributed by atoms with E-state index in [9.17, 15) is 18.3 Å². The number of benzene rings is 2. The highest BCUT2D eigenvalue weighted by Crippen LogP contribution is 2.24. The number of rotatable bonds is 6. The van der Waals surface area contributed by atoms with Crippen LogP contribution in [0.15, 0.2) is 59.6 Å². The lowest BCUT2D eigenvalue weighted by molar-refractivity contribution is -0.307. The van der Waals surface area contributed by atoms with Gasteiger partial charge in [-0.05, 0) is 41.2 Å². The smallest absolute Gasteiger partial charge is 0.241 e. The van der Waals surface area contributed by atoms with E-state index in [4.69, 9.17) is 0 Å². The average molecular weight is 399 g/mol. The number of carbonyl (C=O) groups is 1. The first kappa shape index (κ1) is 20.1. The van der Waals surface area contributed by atoms with Gasteiger partial charge in [-0.1, -0.05) is 51.1 Å². The van der Waals surface area contributed by atoms with E-state index in [0.717, 1.165) is 16.5 Å². The average Bonchev–Trinajstić information content (AvgIpc) is 3.03. The Balaban J connectivity index is 1.84. The van der Waals surface area contributed by atoms with Crippen molar-refractivity contribution in [2.24, 2.45) is 0 Å². The number of sulfonamides is 1. The minimum absolute atomic E-state index is 0.0191. The van der Waals surface area contributed by atoms with Crippen LogP contribution in [0.1, 0.15) is 31.9 Å². The fourth-order valence-corrected chi connectivity index (χ4v) is 4.27. The zero-order chi connectivity index (χ0) is 20.5. The summed E-state index contributed by atoms with van der Waals surface area (Å²) < 4.78 is 27.6. The van der Waals surface area contributed by atoms with Gasteiger partial charge in [-0.15, -0.1) is 0 Å². The Hall–Kier alpha value is -2.64. The second-order valence-electron chi connectivity index (χ2n) is 7.83. The van der Waals surface area contributed by atoms with Gasteiger partial charge in [-0.2, -0.15) is 0 Å². The molecule has 148 valence electrons. The van der Waals surface area contributed by atoms with Crippen molar-refractivity contribution in [1.82, 2.24) is 9.71 Å². The summed E-state index contributed by atoms with van der Waals surface area (Å²) in [4.78, 5) is 14.7. The summed E-state index contributed by atoms with van der Waals surface area (Å²) in [5, 5.41) is 12.5. The van der Waals surface area contributed by atoms with Crippen molar-refractivity contribution in [3.8, 4) is 0 Å². The molecule has 0 unspecified atom stereocenters. The molecule has 0 aliphatic rings. The summed E-state index contributed by atoms with van der Waals surface area (Å²) in [5.41, 5.74) is 2.44. The number of carbonyl (C=O) groups excluding carboxylic acids is 1. The lowest BCUT2D eigenvalue weighted by Gasteiger charge is -2.21. The van der Waals surface area contributed by atoms with E-state index >= 15 is 0 Å². The Kier molecular flexibility index (Phi) is 5.32. The maximum atomic E-state index is 12.7. The molecular formula is C21H23N2O4S-. The Morgan fingerprint density at radius 1 is 1.11 bits per heavy atom. The van der Waals surface area contributed by atoms with Crippen LogP contribution in [0.5, 0.6) is 0 Å². The Bertz CT molecular complexity index is 1090. The normalized spacial score (nSPS) is 13.5. The maximum absolute atomic E-state index is 12.7. The molecule has 28 heavy (non-hydrogen) atoms. The van der Waals surface area contributed by atoms with Crippen molar-refractivity contribution in [3.05, 3.63) is 65.9 Å². The molecule has 0 bridgehead atoms. The van der Waals surface area contributed by atoms with Crippen molar-refractivity contribution in [1.29, 1.82) is 0 Å². The standard InChI is InChI=1S/C21H24N2O4S/c1-21(2,3)15-8-10-16(11-9-15)28(26,27)23-19(20(24)25)12-14-13-22-18-7-5-4-6-17(14)18/h4-11,13,19,22-23H,12H2,1-3H3,(H,24,25)/p-1/t19-/m0/s1. The third kappa shape index (κ3) is 4.26. The lowest BCUT2D eigenvalue weighted by atomic mass is 9.87. The van der Waals surface area contributed by atoms with E-state index in [2.05, 4.69) is 9.71 Å². The molecule has 3 rings (SSSR count). The third-order valence-corrected chi connectivity index (χ3v) is 6.20. The van der Waals surface area contributed by atoms with Gasteiger partial charge < -0.3 is 14.9 Å². The molecule has 2 N–H and O–H groups in total. The molecule has 2 aromatic carbocycles. The van der Waals surface area contributed by atoms with E-state index in [1.807, 2.05) is 45.0 Å². The second-order valence-corrected chi connectivity index (χ2v) is 9.54. The van der Waals surface area contributed by atoms with Crippen molar-refractivity contribution >= 4 is 26.9 Å². The molecule has 0 amide bonds. The molecular weight excluding hydrogens is 376 g/mol. The Morgan fingerprint density at radius 2 is 1.75 bits per heavy atom. The van der Waals surface area contributed by atoms with Gasteiger partial charge in [0.05, 0.1) is 16.9 Å². The first-order valence-electron chi connectivity index (χ1n) is 8.97.